The van der Waals surface area contributed by atoms with Gasteiger partial charge in [-0.3, -0.25) is 28.4 Å². The molecule has 2 atom stereocenters. The van der Waals surface area contributed by atoms with Gasteiger partial charge in [0.25, 0.3) is 0 Å². The Morgan fingerprint density at radius 2 is 1.82 bits per heavy atom. The summed E-state index contributed by atoms with van der Waals surface area (Å²) in [4.78, 5) is 59.4. The highest BCUT2D eigenvalue weighted by Gasteiger charge is 2.36. The highest BCUT2D eigenvalue weighted by Crippen LogP contribution is 2.42. The second-order valence-electron chi connectivity index (χ2n) is 13.5. The largest absolute Gasteiger partial charge is 0.480 e. The van der Waals surface area contributed by atoms with E-state index in [1.54, 1.807) is 9.36 Å². The number of aliphatic carboxylic acids is 1. The lowest BCUT2D eigenvalue weighted by atomic mass is 10.0. The molecule has 1 aliphatic carbocycles. The van der Waals surface area contributed by atoms with Crippen LogP contribution in [0.1, 0.15) is 65.3 Å². The summed E-state index contributed by atoms with van der Waals surface area (Å²) >= 11 is 8.17. The number of rotatable bonds is 12. The monoisotopic (exact) mass is 943 g/mol. The van der Waals surface area contributed by atoms with Crippen LogP contribution >= 0.6 is 42.1 Å². The molecule has 2 aliphatic rings. The Bertz CT molecular complexity index is 2530. The lowest BCUT2D eigenvalue weighted by Gasteiger charge is -2.15. The number of hydrogen-bond acceptors (Lipinski definition) is 14. The smallest absolute Gasteiger partial charge is 0.416 e. The number of benzene rings is 2. The standard InChI is InChI=1S/C15H15ClFN3O3S2.C15H12F3NO4S.C5H12NO4P/c1-23-13(21)8-24-12-7-11(10(17)6-9(12)16)18-14-19-4-2-3-5-20(19)15(22)25-14;1-24(21,22)12-6-9(15(16,17)18)4-5-10(12)13(20)11-7-19-23-14(11)8-2-3-8;1-11(9,10)3-2-4(6)5(7)8/h6-7H,2-5,8H2,1H3;4-8H,2-3H2,1H3;4H,2-3,6H2,1H3,(H,7,8)(H,9,10). The van der Waals surface area contributed by atoms with Gasteiger partial charge in [0.1, 0.15) is 17.5 Å². The van der Waals surface area contributed by atoms with E-state index in [1.807, 2.05) is 0 Å². The molecule has 1 aliphatic heterocycles. The fourth-order valence-corrected chi connectivity index (χ4v) is 8.98. The summed E-state index contributed by atoms with van der Waals surface area (Å²) in [7, 11) is -5.85. The number of ether oxygens (including phenoxy) is 1. The van der Waals surface area contributed by atoms with Gasteiger partial charge in [-0.25, -0.2) is 22.5 Å². The predicted octanol–water partition coefficient (Wildman–Crippen LogP) is 5.69. The van der Waals surface area contributed by atoms with Crippen LogP contribution in [-0.4, -0.2) is 88.6 Å². The topological polar surface area (TPSA) is 243 Å². The number of alkyl halides is 3. The number of nitrogens with zero attached hydrogens (tertiary/aromatic N) is 4. The Balaban J connectivity index is 0.000000214. The van der Waals surface area contributed by atoms with Crippen LogP contribution in [0.3, 0.4) is 0 Å². The summed E-state index contributed by atoms with van der Waals surface area (Å²) in [6.45, 7) is 2.51. The third kappa shape index (κ3) is 13.4. The molecule has 16 nitrogen and oxygen atoms in total. The number of thioether (sulfide) groups is 1. The number of carbonyl (C=O) groups is 3. The lowest BCUT2D eigenvalue weighted by molar-refractivity contribution is -0.139. The third-order valence-electron chi connectivity index (χ3n) is 8.60. The van der Waals surface area contributed by atoms with Gasteiger partial charge in [0.05, 0.1) is 40.1 Å². The van der Waals surface area contributed by atoms with Crippen LogP contribution in [0.2, 0.25) is 5.02 Å². The maximum absolute atomic E-state index is 14.3. The molecule has 0 spiro atoms. The highest BCUT2D eigenvalue weighted by atomic mass is 35.5. The number of aromatic nitrogens is 3. The van der Waals surface area contributed by atoms with E-state index in [0.717, 1.165) is 67.2 Å². The van der Waals surface area contributed by atoms with Crippen molar-refractivity contribution in [1.82, 2.24) is 14.5 Å². The number of halogens is 5. The Morgan fingerprint density at radius 1 is 1.17 bits per heavy atom. The lowest BCUT2D eigenvalue weighted by Crippen LogP contribution is -2.31. The normalized spacial score (nSPS) is 15.7. The number of ketones is 1. The minimum atomic E-state index is -4.71. The van der Waals surface area contributed by atoms with Crippen LogP contribution in [0, 0.1) is 5.82 Å². The molecule has 0 radical (unpaired) electrons. The Kier molecular flexibility index (Phi) is 16.3. The predicted molar refractivity (Wildman–Crippen MR) is 212 cm³/mol. The van der Waals surface area contributed by atoms with Crippen molar-refractivity contribution in [2.75, 3.05) is 31.9 Å². The van der Waals surface area contributed by atoms with E-state index >= 15 is 0 Å². The maximum Gasteiger partial charge on any atom is 0.416 e. The molecule has 3 heterocycles. The molecule has 6 rings (SSSR count). The molecule has 4 N–H and O–H groups in total. The SMILES string of the molecule is COC(=O)CSc1cc(N=c2sc(=O)n3n2CCCC3)c(F)cc1Cl.CP(=O)(O)CCC(N)C(=O)O.CS(=O)(=O)c1cc(C(F)(F)F)ccc1C(=O)c1cnoc1C1CC1. The molecule has 2 aromatic heterocycles. The summed E-state index contributed by atoms with van der Waals surface area (Å²) in [5.74, 6) is -2.39. The van der Waals surface area contributed by atoms with Crippen molar-refractivity contribution < 1.29 is 64.2 Å². The molecule has 4 aromatic rings. The number of fused-ring (bicyclic) bond motifs is 1. The zero-order chi connectivity index (χ0) is 44.7. The average molecular weight is 944 g/mol. The summed E-state index contributed by atoms with van der Waals surface area (Å²) < 4.78 is 100. The van der Waals surface area contributed by atoms with Crippen LogP contribution < -0.4 is 15.4 Å². The van der Waals surface area contributed by atoms with E-state index in [0.29, 0.717) is 40.7 Å². The van der Waals surface area contributed by atoms with Gasteiger partial charge in [0, 0.05) is 48.5 Å². The van der Waals surface area contributed by atoms with E-state index in [4.69, 9.17) is 31.9 Å². The Labute approximate surface area is 352 Å². The van der Waals surface area contributed by atoms with E-state index in [2.05, 4.69) is 14.9 Å². The third-order valence-corrected chi connectivity index (χ3v) is 13.1. The van der Waals surface area contributed by atoms with Gasteiger partial charge in [-0.2, -0.15) is 13.2 Å². The molecule has 1 saturated carbocycles. The molecule has 328 valence electrons. The number of methoxy groups -OCH3 is 1. The van der Waals surface area contributed by atoms with E-state index in [-0.39, 0.29) is 51.0 Å². The second kappa shape index (κ2) is 20.2. The number of carbonyl (C=O) groups excluding carboxylic acids is 2. The summed E-state index contributed by atoms with van der Waals surface area (Å²) in [6, 6.07) is 3.66. The number of nitrogens with two attached hydrogens (primary N) is 1. The zero-order valence-electron chi connectivity index (χ0n) is 32.0. The number of carboxylic acid groups (broad SMARTS) is 1. The first kappa shape index (κ1) is 48.5. The first-order valence-electron chi connectivity index (χ1n) is 17.6. The minimum absolute atomic E-state index is 0.0412. The van der Waals surface area contributed by atoms with Crippen LogP contribution in [0.15, 0.2) is 60.6 Å². The fraction of sp³-hybridized carbons (Fsp3) is 0.429. The Hall–Kier alpha value is -4.12. The van der Waals surface area contributed by atoms with Crippen molar-refractivity contribution in [3.05, 3.63) is 84.3 Å². The summed E-state index contributed by atoms with van der Waals surface area (Å²) in [6.07, 6.45) is 0.751. The van der Waals surface area contributed by atoms with Gasteiger partial charge in [-0.05, 0) is 73.8 Å². The number of hydrogen-bond donors (Lipinski definition) is 3. The van der Waals surface area contributed by atoms with Gasteiger partial charge in [0.15, 0.2) is 28.7 Å². The van der Waals surface area contributed by atoms with E-state index in [1.165, 1.54) is 26.0 Å². The van der Waals surface area contributed by atoms with Crippen LogP contribution in [0.25, 0.3) is 0 Å². The van der Waals surface area contributed by atoms with Crippen molar-refractivity contribution >= 4 is 75.3 Å². The first-order valence-corrected chi connectivity index (χ1v) is 24.0. The van der Waals surface area contributed by atoms with Crippen molar-refractivity contribution in [2.24, 2.45) is 10.7 Å². The van der Waals surface area contributed by atoms with Crippen LogP contribution in [0.4, 0.5) is 23.2 Å². The molecule has 0 saturated heterocycles. The zero-order valence-corrected chi connectivity index (χ0v) is 36.1. The van der Waals surface area contributed by atoms with Gasteiger partial charge in [-0.15, -0.1) is 11.8 Å². The van der Waals surface area contributed by atoms with Gasteiger partial charge in [0.2, 0.25) is 4.80 Å². The number of sulfone groups is 1. The molecule has 1 fully saturated rings. The molecule has 25 heteroatoms. The second-order valence-corrected chi connectivity index (χ2v) is 20.4. The molecule has 60 heavy (non-hydrogen) atoms. The molecular formula is C35H39ClF4N5O11PS3. The van der Waals surface area contributed by atoms with Crippen LogP contribution in [0.5, 0.6) is 0 Å². The average Bonchev–Trinajstić information content (AvgIpc) is 3.81. The number of carboxylic acids is 1. The molecule has 0 bridgehead atoms. The molecule has 0 amide bonds. The van der Waals surface area contributed by atoms with E-state index < -0.39 is 63.4 Å². The quantitative estimate of drug-likeness (QED) is 0.0508. The molecule has 2 aromatic carbocycles. The summed E-state index contributed by atoms with van der Waals surface area (Å²) in [5, 5.41) is 12.0. The fourth-order valence-electron chi connectivity index (χ4n) is 5.33. The van der Waals surface area contributed by atoms with Crippen molar-refractivity contribution in [3.63, 3.8) is 0 Å². The van der Waals surface area contributed by atoms with Crippen molar-refractivity contribution in [1.29, 1.82) is 0 Å². The van der Waals surface area contributed by atoms with Gasteiger partial charge < -0.3 is 25.0 Å². The highest BCUT2D eigenvalue weighted by molar-refractivity contribution is 8.00. The first-order chi connectivity index (χ1) is 27.9. The van der Waals surface area contributed by atoms with E-state index in [9.17, 15) is 49.7 Å². The Morgan fingerprint density at radius 3 is 2.38 bits per heavy atom. The van der Waals surface area contributed by atoms with Crippen molar-refractivity contribution in [2.45, 2.75) is 73.1 Å². The van der Waals surface area contributed by atoms with Crippen molar-refractivity contribution in [3.8, 4) is 0 Å². The summed E-state index contributed by atoms with van der Waals surface area (Å²) in [5.41, 5.74) is 3.80. The molecule has 2 unspecified atom stereocenters. The maximum atomic E-state index is 14.3. The van der Waals surface area contributed by atoms with Crippen LogP contribution in [-0.2, 0) is 48.0 Å². The number of esters is 1. The minimum Gasteiger partial charge on any atom is -0.480 e. The molecular weight excluding hydrogens is 905 g/mol. The van der Waals surface area contributed by atoms with Gasteiger partial charge in [-0.1, -0.05) is 16.8 Å². The van der Waals surface area contributed by atoms with Gasteiger partial charge >= 0.3 is 23.0 Å².